The van der Waals surface area contributed by atoms with Gasteiger partial charge in [0.2, 0.25) is 0 Å². The molecule has 18 heteroatoms. The van der Waals surface area contributed by atoms with E-state index in [9.17, 15) is 0 Å². The number of hydrogen-bond donors (Lipinski definition) is 2. The SMILES string of the molecule is N.O=[N+]([O-])O.O=[N+]([O-])[O-].O=[N+]([O-])[O-].O=[N+]([O-])[O-].[Al+3]. The summed E-state index contributed by atoms with van der Waals surface area (Å²) in [7, 11) is 0. The van der Waals surface area contributed by atoms with Crippen LogP contribution < -0.4 is 6.15 Å². The fourth-order valence-electron chi connectivity index (χ4n) is 0. The Morgan fingerprint density at radius 1 is 0.611 bits per heavy atom. The average Bonchev–Trinajstić information content (AvgIpc) is 1.76. The normalized spacial score (nSPS) is 5.33. The Kier molecular flexibility index (Phi) is 58.8. The summed E-state index contributed by atoms with van der Waals surface area (Å²) < 4.78 is 0. The minimum absolute atomic E-state index is 0. The molecule has 0 bridgehead atoms. The summed E-state index contributed by atoms with van der Waals surface area (Å²) in [5.74, 6) is 0. The van der Waals surface area contributed by atoms with Crippen molar-refractivity contribution in [1.29, 1.82) is 0 Å². The maximum Gasteiger partial charge on any atom is 3.00 e. The van der Waals surface area contributed by atoms with Crippen LogP contribution in [0.25, 0.3) is 0 Å². The van der Waals surface area contributed by atoms with Gasteiger partial charge in [0.1, 0.15) is 0 Å². The number of hydrogen-bond acceptors (Lipinski definition) is 12. The van der Waals surface area contributed by atoms with Gasteiger partial charge >= 0.3 is 17.4 Å². The van der Waals surface area contributed by atoms with Gasteiger partial charge in [-0.15, -0.1) is 10.1 Å². The van der Waals surface area contributed by atoms with E-state index in [0.29, 0.717) is 0 Å². The maximum atomic E-state index is 8.36. The van der Waals surface area contributed by atoms with Crippen molar-refractivity contribution in [3.8, 4) is 0 Å². The summed E-state index contributed by atoms with van der Waals surface area (Å²) in [5, 5.41) is 57.9. The molecule has 0 saturated heterocycles. The van der Waals surface area contributed by atoms with E-state index in [2.05, 4.69) is 0 Å². The van der Waals surface area contributed by atoms with Gasteiger partial charge in [0, 0.05) is 0 Å². The molecule has 0 aliphatic heterocycles. The van der Waals surface area contributed by atoms with Crippen LogP contribution in [-0.4, -0.2) is 42.9 Å². The van der Waals surface area contributed by atoms with Gasteiger partial charge < -0.3 is 57.3 Å². The van der Waals surface area contributed by atoms with Crippen molar-refractivity contribution < 1.29 is 25.6 Å². The predicted octanol–water partition coefficient (Wildman–Crippen LogP) is -1.28. The van der Waals surface area contributed by atoms with Gasteiger partial charge in [-0.2, -0.15) is 0 Å². The topological polar surface area (TPSA) is 297 Å². The van der Waals surface area contributed by atoms with Gasteiger partial charge in [-0.1, -0.05) is 0 Å². The van der Waals surface area contributed by atoms with E-state index in [4.69, 9.17) is 61.3 Å². The summed E-state index contributed by atoms with van der Waals surface area (Å²) >= 11 is 0. The van der Waals surface area contributed by atoms with Crippen LogP contribution in [0.2, 0.25) is 0 Å². The molecule has 17 nitrogen and oxygen atoms in total. The van der Waals surface area contributed by atoms with Crippen LogP contribution in [0.5, 0.6) is 0 Å². The third-order valence-corrected chi connectivity index (χ3v) is 0. The first kappa shape index (κ1) is 36.2. The zero-order valence-electron chi connectivity index (χ0n) is 8.01. The second-order valence-electron chi connectivity index (χ2n) is 0.909. The molecule has 4 N–H and O–H groups in total. The standard InChI is InChI=1S/Al.HNO3.3NO3.H3N/c;4*2-1(3)4;/h;(H,2,3,4);;;;1H3/q+3;;3*-1;. The van der Waals surface area contributed by atoms with Crippen molar-refractivity contribution in [2.75, 3.05) is 0 Å². The van der Waals surface area contributed by atoms with Gasteiger partial charge in [0.15, 0.2) is 0 Å². The molecule has 0 atom stereocenters. The Labute approximate surface area is 106 Å². The molecule has 0 heterocycles. The van der Waals surface area contributed by atoms with Crippen molar-refractivity contribution in [3.05, 3.63) is 56.1 Å². The molecule has 0 aromatic carbocycles. The fourth-order valence-corrected chi connectivity index (χ4v) is 0. The average molecular weight is 293 g/mol. The first-order valence-electron chi connectivity index (χ1n) is 2.21. The van der Waals surface area contributed by atoms with Crippen molar-refractivity contribution >= 4 is 17.4 Å². The van der Waals surface area contributed by atoms with Crippen molar-refractivity contribution in [3.63, 3.8) is 0 Å². The minimum Gasteiger partial charge on any atom is -0.356 e. The second kappa shape index (κ2) is 29.2. The van der Waals surface area contributed by atoms with Crippen molar-refractivity contribution in [1.82, 2.24) is 6.15 Å². The van der Waals surface area contributed by atoms with Crippen LogP contribution >= 0.6 is 0 Å². The summed E-state index contributed by atoms with van der Waals surface area (Å²) in [6.07, 6.45) is 0. The minimum atomic E-state index is -1.75. The quantitative estimate of drug-likeness (QED) is 0.298. The van der Waals surface area contributed by atoms with Gasteiger partial charge in [-0.05, 0) is 0 Å². The van der Waals surface area contributed by atoms with E-state index in [1.54, 1.807) is 0 Å². The third-order valence-electron chi connectivity index (χ3n) is 0. The van der Waals surface area contributed by atoms with Crippen LogP contribution in [-0.2, 0) is 0 Å². The third kappa shape index (κ3) is 274. The molecule has 0 aliphatic rings. The zero-order valence-corrected chi connectivity index (χ0v) is 9.17. The van der Waals surface area contributed by atoms with Gasteiger partial charge in [-0.3, -0.25) is 0 Å². The molecule has 0 saturated carbocycles. The molecule has 0 unspecified atom stereocenters. The van der Waals surface area contributed by atoms with Crippen LogP contribution in [0, 0.1) is 56.1 Å². The van der Waals surface area contributed by atoms with E-state index < -0.39 is 20.3 Å². The smallest absolute Gasteiger partial charge is 0.356 e. The molecule has 0 fully saturated rings. The molecule has 0 amide bonds. The second-order valence-corrected chi connectivity index (χ2v) is 0.909. The van der Waals surface area contributed by atoms with Crippen LogP contribution in [0.3, 0.4) is 0 Å². The van der Waals surface area contributed by atoms with E-state index in [1.807, 2.05) is 0 Å². The molecule has 104 valence electrons. The zero-order chi connectivity index (χ0) is 14.3. The maximum absolute atomic E-state index is 8.36. The monoisotopic (exact) mass is 293 g/mol. The van der Waals surface area contributed by atoms with E-state index in [-0.39, 0.29) is 23.5 Å². The first-order chi connectivity index (χ1) is 6.93. The Morgan fingerprint density at radius 2 is 0.611 bits per heavy atom. The Bertz CT molecular complexity index is 161. The number of nitrogens with zero attached hydrogens (tertiary/aromatic N) is 4. The summed E-state index contributed by atoms with van der Waals surface area (Å²) in [5.41, 5.74) is 0. The summed E-state index contributed by atoms with van der Waals surface area (Å²) in [4.78, 5) is 33.1. The molecule has 0 radical (unpaired) electrons. The van der Waals surface area contributed by atoms with Crippen molar-refractivity contribution in [2.45, 2.75) is 0 Å². The van der Waals surface area contributed by atoms with Crippen LogP contribution in [0.1, 0.15) is 0 Å². The van der Waals surface area contributed by atoms with Gasteiger partial charge in [0.05, 0.1) is 15.3 Å². The molecule has 0 rings (SSSR count). The van der Waals surface area contributed by atoms with E-state index >= 15 is 0 Å². The molecular formula is H4AlN5O12. The largest absolute Gasteiger partial charge is 3.00 e. The fraction of sp³-hybridized carbons (Fsp3) is 0. The number of rotatable bonds is 0. The van der Waals surface area contributed by atoms with Gasteiger partial charge in [0.25, 0.3) is 5.09 Å². The Balaban J connectivity index is -0.0000000257. The van der Waals surface area contributed by atoms with E-state index in [0.717, 1.165) is 0 Å². The van der Waals surface area contributed by atoms with Crippen LogP contribution in [0.15, 0.2) is 0 Å². The summed E-state index contributed by atoms with van der Waals surface area (Å²) in [6, 6.07) is 0. The van der Waals surface area contributed by atoms with Gasteiger partial charge in [-0.25, -0.2) is 0 Å². The summed E-state index contributed by atoms with van der Waals surface area (Å²) in [6.45, 7) is 0. The predicted molar refractivity (Wildman–Crippen MR) is 50.6 cm³/mol. The first-order valence-corrected chi connectivity index (χ1v) is 2.21. The Hall–Kier alpha value is -2.71. The molecule has 0 aromatic rings. The van der Waals surface area contributed by atoms with Crippen LogP contribution in [0.4, 0.5) is 0 Å². The Morgan fingerprint density at radius 3 is 0.611 bits per heavy atom. The molecule has 18 heavy (non-hydrogen) atoms. The van der Waals surface area contributed by atoms with Crippen molar-refractivity contribution in [2.24, 2.45) is 0 Å². The molecule has 0 aliphatic carbocycles. The molecule has 0 aromatic heterocycles. The van der Waals surface area contributed by atoms with E-state index in [1.165, 1.54) is 0 Å². The molecule has 0 spiro atoms. The molecular weight excluding hydrogens is 289 g/mol.